The Balaban J connectivity index is 1.56. The van der Waals surface area contributed by atoms with Crippen molar-refractivity contribution in [1.29, 1.82) is 0 Å². The summed E-state index contributed by atoms with van der Waals surface area (Å²) >= 11 is 0. The molecule has 0 unspecified atom stereocenters. The lowest BCUT2D eigenvalue weighted by atomic mass is 9.76. The van der Waals surface area contributed by atoms with E-state index in [1.807, 2.05) is 50.7 Å². The number of carbonyl (C=O) groups is 1. The summed E-state index contributed by atoms with van der Waals surface area (Å²) in [5.74, 6) is 0.413. The topological polar surface area (TPSA) is 81.8 Å². The highest BCUT2D eigenvalue weighted by Crippen LogP contribution is 2.41. The molecule has 0 saturated carbocycles. The van der Waals surface area contributed by atoms with Gasteiger partial charge in [0.25, 0.3) is 0 Å². The Kier molecular flexibility index (Phi) is 8.53. The summed E-state index contributed by atoms with van der Waals surface area (Å²) < 4.78 is 13.6. The van der Waals surface area contributed by atoms with E-state index in [9.17, 15) is 4.79 Å². The van der Waals surface area contributed by atoms with Gasteiger partial charge in [-0.05, 0) is 94.9 Å². The number of piperidine rings is 1. The van der Waals surface area contributed by atoms with Gasteiger partial charge in [0.1, 0.15) is 5.82 Å². The number of allylic oxidation sites excluding steroid dienone is 2. The minimum atomic E-state index is -0.943. The molecule has 236 valence electrons. The molecule has 8 heteroatoms. The first-order valence-electron chi connectivity index (χ1n) is 16.1. The van der Waals surface area contributed by atoms with Crippen LogP contribution in [0.3, 0.4) is 0 Å². The maximum absolute atomic E-state index is 13.4. The molecule has 0 radical (unpaired) electrons. The second kappa shape index (κ2) is 12.4. The Morgan fingerprint density at radius 1 is 1.02 bits per heavy atom. The van der Waals surface area contributed by atoms with Crippen LogP contribution >= 0.6 is 0 Å². The molecule has 1 saturated heterocycles. The Hall–Kier alpha value is -4.04. The lowest BCUT2D eigenvalue weighted by Gasteiger charge is -2.41. The van der Waals surface area contributed by atoms with E-state index in [-0.39, 0.29) is 5.41 Å². The van der Waals surface area contributed by atoms with Crippen molar-refractivity contribution >= 4 is 17.4 Å². The minimum Gasteiger partial charge on any atom is -0.467 e. The highest BCUT2D eigenvalue weighted by molar-refractivity contribution is 5.81. The van der Waals surface area contributed by atoms with Crippen LogP contribution in [0.4, 0.5) is 5.82 Å². The molecule has 7 rings (SSSR count). The van der Waals surface area contributed by atoms with Crippen LogP contribution < -0.4 is 4.90 Å². The Morgan fingerprint density at radius 3 is 2.53 bits per heavy atom. The summed E-state index contributed by atoms with van der Waals surface area (Å²) in [5.41, 5.74) is 7.19. The second-order valence-corrected chi connectivity index (χ2v) is 13.8. The van der Waals surface area contributed by atoms with Crippen molar-refractivity contribution in [2.75, 3.05) is 25.1 Å². The smallest absolute Gasteiger partial charge is 0.339 e. The SMILES string of the molecule is COC(=O)[C@@H](OC(C)(C)C)c1c(C)nc2cc3nn2c1N1CCC(C)(CCC=CCCc2ccncc2-c2cccc-3c2)CC1. The molecule has 0 N–H and O–H groups in total. The lowest BCUT2D eigenvalue weighted by molar-refractivity contribution is -0.164. The summed E-state index contributed by atoms with van der Waals surface area (Å²) in [5, 5.41) is 5.18. The Bertz CT molecular complexity index is 1730. The molecule has 6 bridgehead atoms. The summed E-state index contributed by atoms with van der Waals surface area (Å²) in [4.78, 5) is 25.2. The standard InChI is InChI=1S/C37H45N5O3/c1-25-32(33(35(43)44-6)45-36(2,3)4)34-41-20-17-37(5,18-21-41)16-10-8-7-9-12-26-15-19-38-24-29(26)27-13-11-14-28(22-27)30-23-31(39-25)42(34)40-30/h7-8,11,13-15,19,22-24,33H,9-10,12,16-18,20-21H2,1-6H3/t33-/m0/s1. The number of hydrogen-bond acceptors (Lipinski definition) is 7. The van der Waals surface area contributed by atoms with Crippen molar-refractivity contribution in [3.8, 4) is 22.4 Å². The fraction of sp³-hybridized carbons (Fsp3) is 0.459. The highest BCUT2D eigenvalue weighted by Gasteiger charge is 2.37. The molecule has 1 aromatic carbocycles. The number of aryl methyl sites for hydroxylation is 2. The summed E-state index contributed by atoms with van der Waals surface area (Å²) in [6.07, 6.45) is 13.9. The van der Waals surface area contributed by atoms with Crippen LogP contribution in [0.15, 0.2) is 60.9 Å². The minimum absolute atomic E-state index is 0.238. The molecule has 0 amide bonds. The van der Waals surface area contributed by atoms with Gasteiger partial charge in [-0.15, -0.1) is 0 Å². The predicted molar refractivity (Wildman–Crippen MR) is 178 cm³/mol. The molecule has 3 aliphatic rings. The third kappa shape index (κ3) is 6.52. The third-order valence-corrected chi connectivity index (χ3v) is 9.27. The molecule has 8 nitrogen and oxygen atoms in total. The van der Waals surface area contributed by atoms with Crippen LogP contribution in [0.25, 0.3) is 28.0 Å². The molecule has 6 heterocycles. The Morgan fingerprint density at radius 2 is 1.78 bits per heavy atom. The van der Waals surface area contributed by atoms with Gasteiger partial charge in [0.2, 0.25) is 0 Å². The number of anilines is 1. The van der Waals surface area contributed by atoms with Crippen LogP contribution in [0.5, 0.6) is 0 Å². The number of pyridine rings is 1. The fourth-order valence-corrected chi connectivity index (χ4v) is 6.71. The van der Waals surface area contributed by atoms with Gasteiger partial charge in [0, 0.05) is 48.4 Å². The zero-order valence-electron chi connectivity index (χ0n) is 27.5. The lowest BCUT2D eigenvalue weighted by Crippen LogP contribution is -2.41. The molecular weight excluding hydrogens is 562 g/mol. The molecule has 3 aliphatic heterocycles. The first-order chi connectivity index (χ1) is 21.5. The summed E-state index contributed by atoms with van der Waals surface area (Å²) in [6.45, 7) is 11.9. The maximum atomic E-state index is 13.4. The number of benzene rings is 1. The van der Waals surface area contributed by atoms with E-state index in [2.05, 4.69) is 59.3 Å². The molecule has 0 spiro atoms. The van der Waals surface area contributed by atoms with E-state index in [4.69, 9.17) is 19.6 Å². The largest absolute Gasteiger partial charge is 0.467 e. The van der Waals surface area contributed by atoms with Crippen LogP contribution in [0, 0.1) is 12.3 Å². The molecule has 1 fully saturated rings. The Labute approximate surface area is 266 Å². The monoisotopic (exact) mass is 607 g/mol. The fourth-order valence-electron chi connectivity index (χ4n) is 6.71. The van der Waals surface area contributed by atoms with Gasteiger partial charge in [-0.25, -0.2) is 9.78 Å². The molecule has 0 aliphatic carbocycles. The summed E-state index contributed by atoms with van der Waals surface area (Å²) in [6, 6.07) is 12.7. The highest BCUT2D eigenvalue weighted by atomic mass is 16.6. The molecule has 3 aromatic heterocycles. The second-order valence-electron chi connectivity index (χ2n) is 13.8. The van der Waals surface area contributed by atoms with Gasteiger partial charge >= 0.3 is 5.97 Å². The van der Waals surface area contributed by atoms with Crippen LogP contribution in [0.1, 0.15) is 82.7 Å². The number of hydrogen-bond donors (Lipinski definition) is 0. The van der Waals surface area contributed by atoms with Crippen LogP contribution in [-0.2, 0) is 20.7 Å². The van der Waals surface area contributed by atoms with Gasteiger partial charge in [-0.1, -0.05) is 37.3 Å². The van der Waals surface area contributed by atoms with Crippen molar-refractivity contribution < 1.29 is 14.3 Å². The van der Waals surface area contributed by atoms with E-state index in [0.717, 1.165) is 91.2 Å². The number of carbonyl (C=O) groups excluding carboxylic acids is 1. The van der Waals surface area contributed by atoms with Crippen LogP contribution in [-0.4, -0.2) is 51.4 Å². The number of methoxy groups -OCH3 is 1. The average Bonchev–Trinajstić information content (AvgIpc) is 3.44. The number of ether oxygens (including phenoxy) is 2. The number of nitrogens with zero attached hydrogens (tertiary/aromatic N) is 5. The third-order valence-electron chi connectivity index (χ3n) is 9.27. The van der Waals surface area contributed by atoms with Gasteiger partial charge in [-0.3, -0.25) is 4.98 Å². The van der Waals surface area contributed by atoms with E-state index in [0.29, 0.717) is 5.56 Å². The number of aromatic nitrogens is 4. The number of esters is 1. The van der Waals surface area contributed by atoms with E-state index < -0.39 is 17.7 Å². The number of rotatable bonds is 3. The van der Waals surface area contributed by atoms with Gasteiger partial charge < -0.3 is 14.4 Å². The van der Waals surface area contributed by atoms with Gasteiger partial charge in [0.05, 0.1) is 24.0 Å². The molecule has 1 atom stereocenters. The predicted octanol–water partition coefficient (Wildman–Crippen LogP) is 7.69. The van der Waals surface area contributed by atoms with Crippen molar-refractivity contribution in [3.63, 3.8) is 0 Å². The first kappa shape index (κ1) is 31.0. The summed E-state index contributed by atoms with van der Waals surface area (Å²) in [7, 11) is 1.41. The zero-order chi connectivity index (χ0) is 31.8. The molecular formula is C37H45N5O3. The molecule has 4 aromatic rings. The first-order valence-corrected chi connectivity index (χ1v) is 16.1. The van der Waals surface area contributed by atoms with E-state index >= 15 is 0 Å². The van der Waals surface area contributed by atoms with Gasteiger partial charge in [-0.2, -0.15) is 9.61 Å². The normalized spacial score (nSPS) is 17.4. The van der Waals surface area contributed by atoms with Crippen molar-refractivity contribution in [1.82, 2.24) is 19.6 Å². The van der Waals surface area contributed by atoms with Gasteiger partial charge in [0.15, 0.2) is 11.8 Å². The van der Waals surface area contributed by atoms with Crippen molar-refractivity contribution in [3.05, 3.63) is 77.8 Å². The van der Waals surface area contributed by atoms with E-state index in [1.54, 1.807) is 0 Å². The zero-order valence-corrected chi connectivity index (χ0v) is 27.5. The molecule has 45 heavy (non-hydrogen) atoms. The maximum Gasteiger partial charge on any atom is 0.339 e. The average molecular weight is 608 g/mol. The van der Waals surface area contributed by atoms with Crippen molar-refractivity contribution in [2.45, 2.75) is 84.8 Å². The van der Waals surface area contributed by atoms with Crippen molar-refractivity contribution in [2.24, 2.45) is 5.41 Å². The quantitative estimate of drug-likeness (QED) is 0.174. The number of fused-ring (bicyclic) bond motifs is 6. The van der Waals surface area contributed by atoms with E-state index in [1.165, 1.54) is 12.7 Å². The van der Waals surface area contributed by atoms with Crippen LogP contribution in [0.2, 0.25) is 0 Å².